The van der Waals surface area contributed by atoms with Gasteiger partial charge in [-0.05, 0) is 72.9 Å². The van der Waals surface area contributed by atoms with Gasteiger partial charge >= 0.3 is 6.18 Å². The Morgan fingerprint density at radius 3 is 2.43 bits per heavy atom. The molecule has 1 aliphatic carbocycles. The van der Waals surface area contributed by atoms with E-state index < -0.39 is 12.6 Å². The summed E-state index contributed by atoms with van der Waals surface area (Å²) in [6, 6.07) is 9.67. The smallest absolute Gasteiger partial charge is 0.257 e. The molecule has 0 saturated heterocycles. The number of benzene rings is 1. The molecule has 2 aliphatic rings. The van der Waals surface area contributed by atoms with Gasteiger partial charge in [0.25, 0.3) is 0 Å². The van der Waals surface area contributed by atoms with Crippen LogP contribution < -0.4 is 0 Å². The molecule has 0 saturated carbocycles. The number of allylic oxidation sites excluding steroid dienone is 3. The maximum absolute atomic E-state index is 12.6. The van der Waals surface area contributed by atoms with Crippen molar-refractivity contribution in [1.29, 1.82) is 5.26 Å². The number of rotatable bonds is 5. The lowest BCUT2D eigenvalue weighted by Crippen LogP contribution is -2.32. The van der Waals surface area contributed by atoms with Gasteiger partial charge in [-0.2, -0.15) is 18.4 Å². The van der Waals surface area contributed by atoms with E-state index in [-0.39, 0.29) is 17.8 Å². The first-order valence-electron chi connectivity index (χ1n) is 10.3. The highest BCUT2D eigenvalue weighted by molar-refractivity contribution is 8.03. The molecular formula is C24H27F3N2S. The molecule has 6 heteroatoms. The van der Waals surface area contributed by atoms with Crippen LogP contribution in [0.15, 0.2) is 56.4 Å². The highest BCUT2D eigenvalue weighted by Gasteiger charge is 2.34. The van der Waals surface area contributed by atoms with E-state index >= 15 is 0 Å². The summed E-state index contributed by atoms with van der Waals surface area (Å²) in [5.74, 6) is 0.0900. The lowest BCUT2D eigenvalue weighted by atomic mass is 9.74. The SMILES string of the molecule is CC(C)(C)C1=NC2=C(CCC(Sc3ccc(C#N)cc3)=C2)CC1CCCC(F)(F)F. The number of alkyl halides is 3. The van der Waals surface area contributed by atoms with E-state index in [9.17, 15) is 13.2 Å². The molecular weight excluding hydrogens is 405 g/mol. The van der Waals surface area contributed by atoms with Crippen molar-refractivity contribution >= 4 is 17.5 Å². The van der Waals surface area contributed by atoms with Crippen molar-refractivity contribution in [2.24, 2.45) is 16.3 Å². The molecule has 0 aromatic heterocycles. The number of halogens is 3. The van der Waals surface area contributed by atoms with Gasteiger partial charge < -0.3 is 0 Å². The van der Waals surface area contributed by atoms with E-state index in [0.29, 0.717) is 12.0 Å². The van der Waals surface area contributed by atoms with Crippen molar-refractivity contribution in [2.75, 3.05) is 0 Å². The quantitative estimate of drug-likeness (QED) is 0.475. The third-order valence-electron chi connectivity index (χ3n) is 5.47. The van der Waals surface area contributed by atoms with Crippen molar-refractivity contribution in [3.63, 3.8) is 0 Å². The first-order chi connectivity index (χ1) is 14.0. The van der Waals surface area contributed by atoms with Gasteiger partial charge in [0.05, 0.1) is 17.3 Å². The third-order valence-corrected chi connectivity index (χ3v) is 6.56. The van der Waals surface area contributed by atoms with E-state index in [2.05, 4.69) is 32.9 Å². The molecule has 1 aliphatic heterocycles. The maximum Gasteiger partial charge on any atom is 0.389 e. The standard InChI is InChI=1S/C24H27F3N2S/c1-23(2,3)22-18(5-4-12-24(25,26)27)13-17-8-11-20(14-21(17)29-22)30-19-9-6-16(15-28)7-10-19/h6-7,9-10,14,18H,4-5,8,11-13H2,1-3H3. The molecule has 0 spiro atoms. The average Bonchev–Trinajstić information content (AvgIpc) is 2.66. The van der Waals surface area contributed by atoms with Crippen LogP contribution in [0.4, 0.5) is 13.2 Å². The predicted octanol–water partition coefficient (Wildman–Crippen LogP) is 7.82. The monoisotopic (exact) mass is 432 g/mol. The van der Waals surface area contributed by atoms with Crippen LogP contribution in [-0.2, 0) is 0 Å². The Balaban J connectivity index is 1.76. The Morgan fingerprint density at radius 2 is 1.83 bits per heavy atom. The third kappa shape index (κ3) is 6.01. The minimum atomic E-state index is -4.09. The van der Waals surface area contributed by atoms with Crippen molar-refractivity contribution < 1.29 is 13.2 Å². The summed E-state index contributed by atoms with van der Waals surface area (Å²) in [5.41, 5.74) is 3.75. The zero-order valence-corrected chi connectivity index (χ0v) is 18.5. The van der Waals surface area contributed by atoms with Crippen molar-refractivity contribution in [3.8, 4) is 6.07 Å². The molecule has 0 bridgehead atoms. The Morgan fingerprint density at radius 1 is 1.13 bits per heavy atom. The largest absolute Gasteiger partial charge is 0.389 e. The lowest BCUT2D eigenvalue weighted by Gasteiger charge is -2.35. The second kappa shape index (κ2) is 9.01. The van der Waals surface area contributed by atoms with Gasteiger partial charge in [-0.3, -0.25) is 4.99 Å². The normalized spacial score (nSPS) is 19.7. The van der Waals surface area contributed by atoms with Crippen LogP contribution in [0.2, 0.25) is 0 Å². The summed E-state index contributed by atoms with van der Waals surface area (Å²) >= 11 is 1.69. The van der Waals surface area contributed by atoms with E-state index in [4.69, 9.17) is 10.3 Å². The van der Waals surface area contributed by atoms with Crippen LogP contribution in [0.5, 0.6) is 0 Å². The molecule has 0 radical (unpaired) electrons. The number of aliphatic imine (C=N–C) groups is 1. The van der Waals surface area contributed by atoms with Crippen LogP contribution in [-0.4, -0.2) is 11.9 Å². The summed E-state index contributed by atoms with van der Waals surface area (Å²) in [5, 5.41) is 8.94. The average molecular weight is 433 g/mol. The zero-order valence-electron chi connectivity index (χ0n) is 17.6. The topological polar surface area (TPSA) is 36.1 Å². The fraction of sp³-hybridized carbons (Fsp3) is 0.500. The van der Waals surface area contributed by atoms with E-state index in [1.807, 2.05) is 24.3 Å². The summed E-state index contributed by atoms with van der Waals surface area (Å²) in [7, 11) is 0. The highest BCUT2D eigenvalue weighted by Crippen LogP contribution is 2.43. The predicted molar refractivity (Wildman–Crippen MR) is 116 cm³/mol. The number of hydrogen-bond acceptors (Lipinski definition) is 3. The first-order valence-corrected chi connectivity index (χ1v) is 11.1. The van der Waals surface area contributed by atoms with Crippen LogP contribution >= 0.6 is 11.8 Å². The first kappa shape index (κ1) is 22.7. The summed E-state index contributed by atoms with van der Waals surface area (Å²) in [4.78, 5) is 7.29. The van der Waals surface area contributed by atoms with Crippen LogP contribution in [0, 0.1) is 22.7 Å². The van der Waals surface area contributed by atoms with Crippen molar-refractivity contribution in [1.82, 2.24) is 0 Å². The number of nitrogens with zero attached hydrogens (tertiary/aromatic N) is 2. The van der Waals surface area contributed by atoms with Crippen molar-refractivity contribution in [2.45, 2.75) is 70.4 Å². The second-order valence-electron chi connectivity index (χ2n) is 8.99. The Hall–Kier alpha value is -2.00. The van der Waals surface area contributed by atoms with Gasteiger partial charge in [0.2, 0.25) is 0 Å². The van der Waals surface area contributed by atoms with E-state index in [0.717, 1.165) is 35.6 Å². The molecule has 2 nitrogen and oxygen atoms in total. The van der Waals surface area contributed by atoms with Gasteiger partial charge in [-0.1, -0.05) is 32.5 Å². The molecule has 0 fully saturated rings. The number of hydrogen-bond donors (Lipinski definition) is 0. The van der Waals surface area contributed by atoms with E-state index in [1.54, 1.807) is 11.8 Å². The summed E-state index contributed by atoms with van der Waals surface area (Å²) in [6.45, 7) is 6.27. The van der Waals surface area contributed by atoms with Gasteiger partial charge in [-0.15, -0.1) is 0 Å². The molecule has 1 aromatic carbocycles. The molecule has 1 heterocycles. The Bertz CT molecular complexity index is 910. The Labute approximate surface area is 181 Å². The summed E-state index contributed by atoms with van der Waals surface area (Å²) in [6.07, 6.45) is 0.639. The molecule has 1 unspecified atom stereocenters. The Kier molecular flexibility index (Phi) is 6.81. The van der Waals surface area contributed by atoms with E-state index in [1.165, 1.54) is 10.5 Å². The van der Waals surface area contributed by atoms with Gasteiger partial charge in [-0.25, -0.2) is 0 Å². The lowest BCUT2D eigenvalue weighted by molar-refractivity contribution is -0.135. The number of nitriles is 1. The number of thioether (sulfide) groups is 1. The minimum absolute atomic E-state index is 0.0900. The fourth-order valence-corrected chi connectivity index (χ4v) is 5.01. The van der Waals surface area contributed by atoms with Crippen LogP contribution in [0.1, 0.15) is 64.9 Å². The molecule has 3 rings (SSSR count). The minimum Gasteiger partial charge on any atom is -0.257 e. The van der Waals surface area contributed by atoms with Crippen LogP contribution in [0.25, 0.3) is 0 Å². The highest BCUT2D eigenvalue weighted by atomic mass is 32.2. The molecule has 0 amide bonds. The van der Waals surface area contributed by atoms with Gasteiger partial charge in [0, 0.05) is 28.4 Å². The van der Waals surface area contributed by atoms with Gasteiger partial charge in [0.15, 0.2) is 0 Å². The fourth-order valence-electron chi connectivity index (χ4n) is 4.06. The maximum atomic E-state index is 12.6. The van der Waals surface area contributed by atoms with Gasteiger partial charge in [0.1, 0.15) is 0 Å². The molecule has 1 aromatic rings. The molecule has 1 atom stereocenters. The zero-order chi connectivity index (χ0) is 21.9. The summed E-state index contributed by atoms with van der Waals surface area (Å²) < 4.78 is 37.8. The second-order valence-corrected chi connectivity index (χ2v) is 10.2. The molecule has 160 valence electrons. The molecule has 0 N–H and O–H groups in total. The van der Waals surface area contributed by atoms with Crippen LogP contribution in [0.3, 0.4) is 0 Å². The van der Waals surface area contributed by atoms with Crippen molar-refractivity contribution in [3.05, 3.63) is 52.1 Å². The molecule has 30 heavy (non-hydrogen) atoms.